The molecule has 1 aliphatic rings. The number of anilines is 2. The van der Waals surface area contributed by atoms with Crippen LogP contribution in [-0.2, 0) is 0 Å². The summed E-state index contributed by atoms with van der Waals surface area (Å²) < 4.78 is 0. The van der Waals surface area contributed by atoms with E-state index in [4.69, 9.17) is 0 Å². The van der Waals surface area contributed by atoms with E-state index < -0.39 is 0 Å². The van der Waals surface area contributed by atoms with Gasteiger partial charge >= 0.3 is 0 Å². The van der Waals surface area contributed by atoms with E-state index in [0.29, 0.717) is 24.0 Å². The number of carbonyl (C=O) groups excluding carboxylic acids is 1. The first-order valence-corrected chi connectivity index (χ1v) is 9.77. The summed E-state index contributed by atoms with van der Waals surface area (Å²) in [5.74, 6) is 0.769. The zero-order valence-corrected chi connectivity index (χ0v) is 16.2. The van der Waals surface area contributed by atoms with Crippen LogP contribution >= 0.6 is 0 Å². The third-order valence-corrected chi connectivity index (χ3v) is 4.86. The van der Waals surface area contributed by atoms with Crippen LogP contribution in [0.4, 0.5) is 11.6 Å². The molecule has 0 spiro atoms. The van der Waals surface area contributed by atoms with Crippen LogP contribution in [0.5, 0.6) is 0 Å². The zero-order chi connectivity index (χ0) is 19.1. The largest absolute Gasteiger partial charge is 0.352 e. The Hall–Kier alpha value is -2.69. The van der Waals surface area contributed by atoms with E-state index in [1.807, 2.05) is 18.2 Å². The Labute approximate surface area is 161 Å². The van der Waals surface area contributed by atoms with Gasteiger partial charge in [-0.05, 0) is 49.7 Å². The molecular formula is C22H28N4O. The van der Waals surface area contributed by atoms with Gasteiger partial charge in [0.25, 0.3) is 5.91 Å². The second kappa shape index (κ2) is 9.31. The van der Waals surface area contributed by atoms with Gasteiger partial charge in [-0.2, -0.15) is 0 Å². The average molecular weight is 364 g/mol. The number of hydrogen-bond acceptors (Lipinski definition) is 4. The lowest BCUT2D eigenvalue weighted by Crippen LogP contribution is -2.25. The number of benzene rings is 1. The fraction of sp³-hybridized carbons (Fsp3) is 0.409. The number of aromatic nitrogens is 2. The Morgan fingerprint density at radius 3 is 2.63 bits per heavy atom. The van der Waals surface area contributed by atoms with Crippen LogP contribution < -0.4 is 10.6 Å². The van der Waals surface area contributed by atoms with Crippen LogP contribution in [0.15, 0.2) is 48.3 Å². The summed E-state index contributed by atoms with van der Waals surface area (Å²) in [6, 6.07) is 8.12. The van der Waals surface area contributed by atoms with E-state index in [0.717, 1.165) is 18.5 Å². The highest BCUT2D eigenvalue weighted by Crippen LogP contribution is 2.25. The lowest BCUT2D eigenvalue weighted by Gasteiger charge is -2.14. The minimum Gasteiger partial charge on any atom is -0.352 e. The first kappa shape index (κ1) is 19.1. The van der Waals surface area contributed by atoms with Gasteiger partial charge in [-0.25, -0.2) is 9.97 Å². The molecule has 2 aromatic rings. The van der Waals surface area contributed by atoms with Crippen LogP contribution in [0.1, 0.15) is 67.8 Å². The number of rotatable bonds is 7. The highest BCUT2D eigenvalue weighted by molar-refractivity contribution is 5.93. The standard InChI is InChI=1S/C22H28N4O/c1-16(2)19-10-6-7-11-20(19)26-22-24-14-18(15-25-22)21(27)23-13-12-17-8-4-3-5-9-17/h6-8,10-11,14-16H,3-5,9,12-13H2,1-2H3,(H,23,27)(H,24,25,26). The van der Waals surface area contributed by atoms with Crippen molar-refractivity contribution in [1.82, 2.24) is 15.3 Å². The second-order valence-corrected chi connectivity index (χ2v) is 7.28. The fourth-order valence-corrected chi connectivity index (χ4v) is 3.31. The molecule has 1 aromatic heterocycles. The molecule has 0 fully saturated rings. The SMILES string of the molecule is CC(C)c1ccccc1Nc1ncc(C(=O)NCCC2=CCCCC2)cn1. The van der Waals surface area contributed by atoms with Crippen LogP contribution in [0.25, 0.3) is 0 Å². The maximum absolute atomic E-state index is 12.3. The smallest absolute Gasteiger partial charge is 0.254 e. The van der Waals surface area contributed by atoms with Crippen LogP contribution in [0, 0.1) is 0 Å². The molecule has 3 rings (SSSR count). The van der Waals surface area contributed by atoms with Crippen molar-refractivity contribution < 1.29 is 4.79 Å². The van der Waals surface area contributed by atoms with Gasteiger partial charge in [0.1, 0.15) is 0 Å². The Bertz CT molecular complexity index is 796. The summed E-state index contributed by atoms with van der Waals surface area (Å²) in [6.45, 7) is 4.96. The van der Waals surface area contributed by atoms with Crippen LogP contribution in [0.3, 0.4) is 0 Å². The van der Waals surface area contributed by atoms with E-state index in [-0.39, 0.29) is 5.91 Å². The van der Waals surface area contributed by atoms with Gasteiger partial charge < -0.3 is 10.6 Å². The van der Waals surface area contributed by atoms with Crippen molar-refractivity contribution in [2.24, 2.45) is 0 Å². The summed E-state index contributed by atoms with van der Waals surface area (Å²) in [6.07, 6.45) is 11.3. The molecule has 0 saturated carbocycles. The third kappa shape index (κ3) is 5.39. The zero-order valence-electron chi connectivity index (χ0n) is 16.2. The Morgan fingerprint density at radius 1 is 1.15 bits per heavy atom. The number of amides is 1. The third-order valence-electron chi connectivity index (χ3n) is 4.86. The molecule has 5 nitrogen and oxygen atoms in total. The quantitative estimate of drug-likeness (QED) is 0.681. The molecule has 1 amide bonds. The van der Waals surface area contributed by atoms with Gasteiger partial charge in [0.05, 0.1) is 5.56 Å². The molecule has 27 heavy (non-hydrogen) atoms. The molecule has 1 aliphatic carbocycles. The first-order valence-electron chi connectivity index (χ1n) is 9.77. The fourth-order valence-electron chi connectivity index (χ4n) is 3.31. The molecule has 1 heterocycles. The second-order valence-electron chi connectivity index (χ2n) is 7.28. The van der Waals surface area contributed by atoms with Crippen molar-refractivity contribution in [2.45, 2.75) is 51.9 Å². The van der Waals surface area contributed by atoms with Gasteiger partial charge in [0, 0.05) is 24.6 Å². The van der Waals surface area contributed by atoms with Crippen molar-refractivity contribution in [3.8, 4) is 0 Å². The highest BCUT2D eigenvalue weighted by Gasteiger charge is 2.10. The Balaban J connectivity index is 1.55. The van der Waals surface area contributed by atoms with E-state index in [2.05, 4.69) is 46.6 Å². The van der Waals surface area contributed by atoms with Gasteiger partial charge in [-0.1, -0.05) is 43.7 Å². The summed E-state index contributed by atoms with van der Waals surface area (Å²) in [4.78, 5) is 20.9. The van der Waals surface area contributed by atoms with Crippen molar-refractivity contribution >= 4 is 17.5 Å². The minimum absolute atomic E-state index is 0.125. The average Bonchev–Trinajstić information content (AvgIpc) is 2.69. The van der Waals surface area contributed by atoms with Gasteiger partial charge in [-0.15, -0.1) is 0 Å². The lowest BCUT2D eigenvalue weighted by atomic mass is 9.97. The number of para-hydroxylation sites is 1. The maximum Gasteiger partial charge on any atom is 0.254 e. The highest BCUT2D eigenvalue weighted by atomic mass is 16.1. The maximum atomic E-state index is 12.3. The predicted molar refractivity (Wildman–Crippen MR) is 109 cm³/mol. The molecule has 0 aliphatic heterocycles. The number of allylic oxidation sites excluding steroid dienone is 1. The summed E-state index contributed by atoms with van der Waals surface area (Å²) in [7, 11) is 0. The molecular weight excluding hydrogens is 336 g/mol. The van der Waals surface area contributed by atoms with Crippen LogP contribution in [0.2, 0.25) is 0 Å². The van der Waals surface area contributed by atoms with E-state index in [1.54, 1.807) is 12.4 Å². The number of carbonyl (C=O) groups is 1. The molecule has 1 aromatic carbocycles. The summed E-state index contributed by atoms with van der Waals surface area (Å²) in [5, 5.41) is 6.20. The molecule has 0 saturated heterocycles. The van der Waals surface area contributed by atoms with E-state index in [9.17, 15) is 4.79 Å². The lowest BCUT2D eigenvalue weighted by molar-refractivity contribution is 0.0953. The Morgan fingerprint density at radius 2 is 1.93 bits per heavy atom. The topological polar surface area (TPSA) is 66.9 Å². The Kier molecular flexibility index (Phi) is 6.58. The number of nitrogens with zero attached hydrogens (tertiary/aromatic N) is 2. The monoisotopic (exact) mass is 364 g/mol. The molecule has 0 atom stereocenters. The van der Waals surface area contributed by atoms with Gasteiger partial charge in [-0.3, -0.25) is 4.79 Å². The molecule has 0 bridgehead atoms. The predicted octanol–water partition coefficient (Wildman–Crippen LogP) is 4.96. The van der Waals surface area contributed by atoms with Crippen molar-refractivity contribution in [1.29, 1.82) is 0 Å². The molecule has 0 radical (unpaired) electrons. The molecule has 5 heteroatoms. The normalized spacial score (nSPS) is 14.0. The van der Waals surface area contributed by atoms with E-state index in [1.165, 1.54) is 30.4 Å². The van der Waals surface area contributed by atoms with E-state index >= 15 is 0 Å². The van der Waals surface area contributed by atoms with Gasteiger partial charge in [0.2, 0.25) is 5.95 Å². The van der Waals surface area contributed by atoms with Crippen molar-refractivity contribution in [3.05, 3.63) is 59.4 Å². The number of nitrogens with one attached hydrogen (secondary N) is 2. The van der Waals surface area contributed by atoms with Crippen molar-refractivity contribution in [2.75, 3.05) is 11.9 Å². The summed E-state index contributed by atoms with van der Waals surface area (Å²) >= 11 is 0. The van der Waals surface area contributed by atoms with Gasteiger partial charge in [0.15, 0.2) is 0 Å². The number of hydrogen-bond donors (Lipinski definition) is 2. The molecule has 142 valence electrons. The molecule has 2 N–H and O–H groups in total. The molecule has 0 unspecified atom stereocenters. The summed E-state index contributed by atoms with van der Waals surface area (Å²) in [5.41, 5.74) is 4.14. The van der Waals surface area contributed by atoms with Crippen LogP contribution in [-0.4, -0.2) is 22.4 Å². The minimum atomic E-state index is -0.125. The van der Waals surface area contributed by atoms with Crippen molar-refractivity contribution in [3.63, 3.8) is 0 Å². The first-order chi connectivity index (χ1) is 13.1.